The maximum Gasteiger partial charge on any atom is 0.414 e. The number of thiophene rings is 1. The number of imide groups is 1. The molecule has 3 aromatic rings. The predicted octanol–water partition coefficient (Wildman–Crippen LogP) is 4.48. The summed E-state index contributed by atoms with van der Waals surface area (Å²) in [5.41, 5.74) is 2.42. The van der Waals surface area contributed by atoms with E-state index in [1.165, 1.54) is 29.5 Å². The Hall–Kier alpha value is -3.70. The number of rotatable bonds is 7. The number of fused-ring (bicyclic) bond motifs is 1. The molecule has 0 radical (unpaired) electrons. The maximum absolute atomic E-state index is 13.1. The fourth-order valence-electron chi connectivity index (χ4n) is 3.89. The van der Waals surface area contributed by atoms with Crippen molar-refractivity contribution in [1.82, 2.24) is 5.32 Å². The third kappa shape index (κ3) is 5.58. The van der Waals surface area contributed by atoms with Crippen molar-refractivity contribution in [3.8, 4) is 0 Å². The van der Waals surface area contributed by atoms with Crippen LogP contribution in [0.15, 0.2) is 53.4 Å². The molecule has 3 amide bonds. The Morgan fingerprint density at radius 2 is 1.78 bits per heavy atom. The molecule has 0 spiro atoms. The molecule has 0 bridgehead atoms. The molecule has 188 valence electrons. The number of hydrogen-bond acceptors (Lipinski definition) is 7. The van der Waals surface area contributed by atoms with Crippen molar-refractivity contribution < 1.29 is 27.5 Å². The Morgan fingerprint density at radius 1 is 1.03 bits per heavy atom. The fourth-order valence-corrected chi connectivity index (χ4v) is 6.22. The zero-order chi connectivity index (χ0) is 25.9. The average Bonchev–Trinajstić information content (AvgIpc) is 3.40. The first kappa shape index (κ1) is 25.4. The van der Waals surface area contributed by atoms with Gasteiger partial charge in [-0.2, -0.15) is 0 Å². The van der Waals surface area contributed by atoms with Gasteiger partial charge in [-0.1, -0.05) is 23.8 Å². The third-order valence-corrected chi connectivity index (χ3v) is 8.18. The molecule has 0 saturated carbocycles. The number of hydrogen-bond donors (Lipinski definition) is 3. The van der Waals surface area contributed by atoms with Gasteiger partial charge in [0.05, 0.1) is 17.1 Å². The largest absolute Gasteiger partial charge is 0.450 e. The highest BCUT2D eigenvalue weighted by Gasteiger charge is 2.29. The molecule has 3 N–H and O–H groups in total. The van der Waals surface area contributed by atoms with E-state index in [0.29, 0.717) is 11.4 Å². The van der Waals surface area contributed by atoms with Gasteiger partial charge in [0.15, 0.2) is 0 Å². The highest BCUT2D eigenvalue weighted by Crippen LogP contribution is 2.39. The maximum atomic E-state index is 13.1. The minimum atomic E-state index is -3.84. The van der Waals surface area contributed by atoms with Crippen molar-refractivity contribution in [3.05, 3.63) is 75.7 Å². The number of amides is 3. The summed E-state index contributed by atoms with van der Waals surface area (Å²) in [5.74, 6) is -1.15. The summed E-state index contributed by atoms with van der Waals surface area (Å²) < 4.78 is 32.7. The Morgan fingerprint density at radius 3 is 2.50 bits per heavy atom. The van der Waals surface area contributed by atoms with Gasteiger partial charge in [-0.15, -0.1) is 11.3 Å². The predicted molar refractivity (Wildman–Crippen MR) is 137 cm³/mol. The monoisotopic (exact) mass is 527 g/mol. The van der Waals surface area contributed by atoms with Crippen molar-refractivity contribution in [2.24, 2.45) is 0 Å². The summed E-state index contributed by atoms with van der Waals surface area (Å²) in [6.07, 6.45) is 1.49. The number of sulfonamides is 1. The van der Waals surface area contributed by atoms with Gasteiger partial charge >= 0.3 is 6.09 Å². The van der Waals surface area contributed by atoms with E-state index in [1.54, 1.807) is 37.3 Å². The zero-order valence-electron chi connectivity index (χ0n) is 19.7. The molecule has 1 aliphatic carbocycles. The molecule has 4 rings (SSSR count). The molecule has 0 atom stereocenters. The van der Waals surface area contributed by atoms with Crippen LogP contribution in [0.3, 0.4) is 0 Å². The van der Waals surface area contributed by atoms with Gasteiger partial charge in [0.2, 0.25) is 0 Å². The molecule has 11 heteroatoms. The Kier molecular flexibility index (Phi) is 7.41. The van der Waals surface area contributed by atoms with Gasteiger partial charge in [0.25, 0.3) is 21.8 Å². The summed E-state index contributed by atoms with van der Waals surface area (Å²) in [6.45, 7) is 3.61. The van der Waals surface area contributed by atoms with Crippen molar-refractivity contribution in [2.45, 2.75) is 38.0 Å². The van der Waals surface area contributed by atoms with E-state index in [9.17, 15) is 22.8 Å². The van der Waals surface area contributed by atoms with Crippen molar-refractivity contribution in [2.75, 3.05) is 16.6 Å². The summed E-state index contributed by atoms with van der Waals surface area (Å²) >= 11 is 1.30. The molecule has 0 fully saturated rings. The van der Waals surface area contributed by atoms with E-state index in [4.69, 9.17) is 4.74 Å². The van der Waals surface area contributed by atoms with Gasteiger partial charge in [0, 0.05) is 16.1 Å². The molecular weight excluding hydrogens is 502 g/mol. The van der Waals surface area contributed by atoms with E-state index in [0.717, 1.165) is 28.8 Å². The summed E-state index contributed by atoms with van der Waals surface area (Å²) in [5, 5.41) is 5.29. The van der Waals surface area contributed by atoms with Gasteiger partial charge in [-0.25, -0.2) is 13.2 Å². The van der Waals surface area contributed by atoms with Gasteiger partial charge < -0.3 is 10.1 Å². The molecule has 1 aliphatic rings. The zero-order valence-corrected chi connectivity index (χ0v) is 21.3. The molecule has 0 unspecified atom stereocenters. The first-order chi connectivity index (χ1) is 17.2. The molecule has 1 aromatic heterocycles. The number of carbonyl (C=O) groups excluding carboxylic acids is 3. The standard InChI is InChI=1S/C25H25N3O6S2/c1-3-34-25(31)27-23(30)21-19-8-5-9-20(19)35-24(21)26-22(29)16-6-4-7-17(14-16)28-36(32,33)18-12-10-15(2)11-13-18/h4,6-7,10-14,28H,3,5,8-9H2,1-2H3,(H,26,29)(H,27,30,31). The highest BCUT2D eigenvalue weighted by atomic mass is 32.2. The van der Waals surface area contributed by atoms with Crippen LogP contribution in [-0.4, -0.2) is 32.9 Å². The number of ether oxygens (including phenoxy) is 1. The van der Waals surface area contributed by atoms with E-state index in [1.807, 2.05) is 6.92 Å². The summed E-state index contributed by atoms with van der Waals surface area (Å²) in [7, 11) is -3.84. The number of benzene rings is 2. The molecule has 0 aliphatic heterocycles. The van der Waals surface area contributed by atoms with Crippen molar-refractivity contribution in [1.29, 1.82) is 0 Å². The molecular formula is C25H25N3O6S2. The van der Waals surface area contributed by atoms with E-state index < -0.39 is 27.9 Å². The number of alkyl carbamates (subject to hydrolysis) is 1. The van der Waals surface area contributed by atoms with Crippen LogP contribution in [-0.2, 0) is 27.6 Å². The third-order valence-electron chi connectivity index (χ3n) is 5.57. The fraction of sp³-hybridized carbons (Fsp3) is 0.240. The highest BCUT2D eigenvalue weighted by molar-refractivity contribution is 7.92. The molecule has 1 heterocycles. The minimum absolute atomic E-state index is 0.105. The smallest absolute Gasteiger partial charge is 0.414 e. The lowest BCUT2D eigenvalue weighted by Gasteiger charge is -2.11. The topological polar surface area (TPSA) is 131 Å². The average molecular weight is 528 g/mol. The SMILES string of the molecule is CCOC(=O)NC(=O)c1c(NC(=O)c2cccc(NS(=O)(=O)c3ccc(C)cc3)c2)sc2c1CCC2. The minimum Gasteiger partial charge on any atom is -0.450 e. The van der Waals surface area contributed by atoms with Gasteiger partial charge in [-0.3, -0.25) is 19.6 Å². The summed E-state index contributed by atoms with van der Waals surface area (Å²) in [4.78, 5) is 38.8. The van der Waals surface area contributed by atoms with Crippen LogP contribution in [0.5, 0.6) is 0 Å². The van der Waals surface area contributed by atoms with Crippen LogP contribution < -0.4 is 15.4 Å². The second kappa shape index (κ2) is 10.5. The van der Waals surface area contributed by atoms with Crippen LogP contribution in [0.1, 0.15) is 50.1 Å². The summed E-state index contributed by atoms with van der Waals surface area (Å²) in [6, 6.07) is 12.5. The van der Waals surface area contributed by atoms with Crippen molar-refractivity contribution in [3.63, 3.8) is 0 Å². The first-order valence-electron chi connectivity index (χ1n) is 11.3. The number of carbonyl (C=O) groups is 3. The molecule has 0 saturated heterocycles. The van der Waals surface area contributed by atoms with Crippen LogP contribution >= 0.6 is 11.3 Å². The normalized spacial score (nSPS) is 12.5. The van der Waals surface area contributed by atoms with Crippen LogP contribution in [0.4, 0.5) is 15.5 Å². The Balaban J connectivity index is 1.54. The quantitative estimate of drug-likeness (QED) is 0.415. The van der Waals surface area contributed by atoms with Crippen LogP contribution in [0.25, 0.3) is 0 Å². The molecule has 36 heavy (non-hydrogen) atoms. The lowest BCUT2D eigenvalue weighted by molar-refractivity contribution is 0.0925. The lowest BCUT2D eigenvalue weighted by Crippen LogP contribution is -2.32. The number of aryl methyl sites for hydroxylation is 2. The number of anilines is 2. The van der Waals surface area contributed by atoms with Crippen LogP contribution in [0, 0.1) is 6.92 Å². The van der Waals surface area contributed by atoms with E-state index >= 15 is 0 Å². The van der Waals surface area contributed by atoms with E-state index in [2.05, 4.69) is 15.4 Å². The first-order valence-corrected chi connectivity index (χ1v) is 13.6. The lowest BCUT2D eigenvalue weighted by atomic mass is 10.1. The van der Waals surface area contributed by atoms with Gasteiger partial charge in [0.1, 0.15) is 5.00 Å². The molecule has 2 aromatic carbocycles. The Bertz CT molecular complexity index is 1430. The van der Waals surface area contributed by atoms with Crippen molar-refractivity contribution >= 4 is 50.0 Å². The number of nitrogens with one attached hydrogen (secondary N) is 3. The Labute approximate surface area is 212 Å². The van der Waals surface area contributed by atoms with Crippen LogP contribution in [0.2, 0.25) is 0 Å². The molecule has 9 nitrogen and oxygen atoms in total. The second-order valence-electron chi connectivity index (χ2n) is 8.19. The second-order valence-corrected chi connectivity index (χ2v) is 11.0. The van der Waals surface area contributed by atoms with E-state index in [-0.39, 0.29) is 28.3 Å². The van der Waals surface area contributed by atoms with Gasteiger partial charge in [-0.05, 0) is 69.0 Å².